The molecule has 0 unspecified atom stereocenters. The van der Waals surface area contributed by atoms with Crippen molar-refractivity contribution in [2.75, 3.05) is 0 Å². The Morgan fingerprint density at radius 1 is 0.850 bits per heavy atom. The van der Waals surface area contributed by atoms with E-state index in [1.807, 2.05) is 0 Å². The molecule has 0 aliphatic heterocycles. The predicted octanol–water partition coefficient (Wildman–Crippen LogP) is 3.79. The summed E-state index contributed by atoms with van der Waals surface area (Å²) < 4.78 is 0. The zero-order valence-electron chi connectivity index (χ0n) is 13.1. The van der Waals surface area contributed by atoms with Gasteiger partial charge in [-0.2, -0.15) is 0 Å². The van der Waals surface area contributed by atoms with E-state index in [2.05, 4.69) is 27.7 Å². The second-order valence-corrected chi connectivity index (χ2v) is 7.39. The van der Waals surface area contributed by atoms with Crippen LogP contribution in [0.25, 0.3) is 0 Å². The fourth-order valence-electron chi connectivity index (χ4n) is 3.95. The molecule has 0 atom stereocenters. The second-order valence-electron chi connectivity index (χ2n) is 7.39. The monoisotopic (exact) mass is 284 g/mol. The summed E-state index contributed by atoms with van der Waals surface area (Å²) in [4.78, 5) is 22.8. The number of carboxylic acids is 2. The zero-order valence-corrected chi connectivity index (χ0v) is 13.1. The summed E-state index contributed by atoms with van der Waals surface area (Å²) in [6.45, 7) is 8.72. The number of carbonyl (C=O) groups is 2. The minimum absolute atomic E-state index is 0.122. The lowest BCUT2D eigenvalue weighted by atomic mass is 9.59. The molecule has 116 valence electrons. The van der Waals surface area contributed by atoms with Gasteiger partial charge >= 0.3 is 11.9 Å². The van der Waals surface area contributed by atoms with Gasteiger partial charge in [-0.15, -0.1) is 0 Å². The molecule has 2 N–H and O–H groups in total. The first-order chi connectivity index (χ1) is 9.13. The Labute approximate surface area is 121 Å². The first-order valence-electron chi connectivity index (χ1n) is 7.60. The van der Waals surface area contributed by atoms with Crippen molar-refractivity contribution in [2.45, 2.75) is 66.2 Å². The highest BCUT2D eigenvalue weighted by Crippen LogP contribution is 2.51. The van der Waals surface area contributed by atoms with Crippen LogP contribution in [0.4, 0.5) is 0 Å². The van der Waals surface area contributed by atoms with Gasteiger partial charge in [-0.1, -0.05) is 27.7 Å². The number of rotatable bonds is 6. The van der Waals surface area contributed by atoms with Gasteiger partial charge < -0.3 is 10.2 Å². The van der Waals surface area contributed by atoms with Crippen LogP contribution in [-0.4, -0.2) is 22.2 Å². The van der Waals surface area contributed by atoms with E-state index in [-0.39, 0.29) is 18.3 Å². The summed E-state index contributed by atoms with van der Waals surface area (Å²) in [6, 6.07) is 0. The van der Waals surface area contributed by atoms with Crippen LogP contribution in [0.2, 0.25) is 0 Å². The fraction of sp³-hybridized carbons (Fsp3) is 0.875. The molecule has 0 heterocycles. The third-order valence-corrected chi connectivity index (χ3v) is 4.67. The van der Waals surface area contributed by atoms with Crippen LogP contribution in [0.15, 0.2) is 0 Å². The summed E-state index contributed by atoms with van der Waals surface area (Å²) in [5.74, 6) is -1.24. The van der Waals surface area contributed by atoms with Crippen molar-refractivity contribution in [3.8, 4) is 0 Å². The first-order valence-corrected chi connectivity index (χ1v) is 7.60. The van der Waals surface area contributed by atoms with Crippen molar-refractivity contribution >= 4 is 11.9 Å². The molecule has 0 aromatic rings. The minimum Gasteiger partial charge on any atom is -0.480 e. The van der Waals surface area contributed by atoms with Gasteiger partial charge in [0.05, 0.1) is 0 Å². The van der Waals surface area contributed by atoms with Crippen LogP contribution in [0.5, 0.6) is 0 Å². The summed E-state index contributed by atoms with van der Waals surface area (Å²) in [5.41, 5.74) is -1.44. The maximum atomic E-state index is 11.4. The molecule has 0 spiro atoms. The molecule has 4 heteroatoms. The van der Waals surface area contributed by atoms with E-state index in [1.54, 1.807) is 0 Å². The van der Waals surface area contributed by atoms with Crippen molar-refractivity contribution in [3.63, 3.8) is 0 Å². The highest BCUT2D eigenvalue weighted by Gasteiger charge is 2.52. The van der Waals surface area contributed by atoms with Crippen LogP contribution >= 0.6 is 0 Å². The molecule has 1 saturated carbocycles. The highest BCUT2D eigenvalue weighted by molar-refractivity contribution is 5.98. The van der Waals surface area contributed by atoms with Gasteiger partial charge in [-0.05, 0) is 55.8 Å². The molecule has 1 rings (SSSR count). The maximum absolute atomic E-state index is 11.4. The van der Waals surface area contributed by atoms with E-state index < -0.39 is 17.4 Å². The molecule has 0 amide bonds. The van der Waals surface area contributed by atoms with E-state index in [4.69, 9.17) is 0 Å². The van der Waals surface area contributed by atoms with Crippen LogP contribution in [0, 0.1) is 22.7 Å². The molecule has 1 aliphatic rings. The Balaban J connectivity index is 2.91. The quantitative estimate of drug-likeness (QED) is 0.728. The van der Waals surface area contributed by atoms with Crippen molar-refractivity contribution in [1.29, 1.82) is 0 Å². The number of hydrogen-bond acceptors (Lipinski definition) is 2. The zero-order chi connectivity index (χ0) is 15.6. The molecule has 4 nitrogen and oxygen atoms in total. The van der Waals surface area contributed by atoms with Crippen molar-refractivity contribution in [2.24, 2.45) is 22.7 Å². The van der Waals surface area contributed by atoms with E-state index in [1.165, 1.54) is 0 Å². The molecule has 20 heavy (non-hydrogen) atoms. The molecular formula is C16H28O4. The Morgan fingerprint density at radius 3 is 1.45 bits per heavy atom. The molecule has 0 bridgehead atoms. The van der Waals surface area contributed by atoms with Crippen molar-refractivity contribution < 1.29 is 19.8 Å². The predicted molar refractivity (Wildman–Crippen MR) is 77.5 cm³/mol. The molecule has 1 fully saturated rings. The Morgan fingerprint density at radius 2 is 1.20 bits per heavy atom. The molecule has 0 aromatic heterocycles. The summed E-state index contributed by atoms with van der Waals surface area (Å²) in [5, 5.41) is 18.6. The highest BCUT2D eigenvalue weighted by atomic mass is 16.4. The Kier molecular flexibility index (Phi) is 5.22. The second kappa shape index (κ2) is 6.15. The Bertz CT molecular complexity index is 335. The van der Waals surface area contributed by atoms with E-state index >= 15 is 0 Å². The number of hydrogen-bond donors (Lipinski definition) is 2. The van der Waals surface area contributed by atoms with Gasteiger partial charge in [0.2, 0.25) is 0 Å². The Hall–Kier alpha value is -1.06. The summed E-state index contributed by atoms with van der Waals surface area (Å²) in [6.07, 6.45) is 4.05. The first kappa shape index (κ1) is 17.0. The number of carboxylic acid groups (broad SMARTS) is 2. The van der Waals surface area contributed by atoms with Gasteiger partial charge in [0.25, 0.3) is 0 Å². The molecule has 1 aliphatic carbocycles. The van der Waals surface area contributed by atoms with Gasteiger partial charge in [0.1, 0.15) is 0 Å². The molecule has 0 radical (unpaired) electrons. The van der Waals surface area contributed by atoms with Crippen LogP contribution in [0.1, 0.15) is 66.2 Å². The summed E-state index contributed by atoms with van der Waals surface area (Å²) in [7, 11) is 0. The van der Waals surface area contributed by atoms with E-state index in [0.29, 0.717) is 24.7 Å². The average Bonchev–Trinajstić information content (AvgIpc) is 2.27. The largest absolute Gasteiger partial charge is 0.480 e. The fourth-order valence-corrected chi connectivity index (χ4v) is 3.95. The topological polar surface area (TPSA) is 74.6 Å². The van der Waals surface area contributed by atoms with Crippen LogP contribution in [-0.2, 0) is 9.59 Å². The lowest BCUT2D eigenvalue weighted by molar-refractivity contribution is -0.169. The summed E-state index contributed by atoms with van der Waals surface area (Å²) >= 11 is 0. The molecule has 0 aromatic carbocycles. The van der Waals surface area contributed by atoms with Gasteiger partial charge in [-0.25, -0.2) is 0 Å². The van der Waals surface area contributed by atoms with E-state index in [0.717, 1.165) is 12.8 Å². The normalized spacial score (nSPS) is 21.1. The molecule has 0 saturated heterocycles. The standard InChI is InChI=1S/C16H28O4/c1-11(2)9-15(10-12(3)4)5-7-16(8-6-15,13(17)18)14(19)20/h11-12H,5-10H2,1-4H3,(H,17,18)(H,19,20). The maximum Gasteiger partial charge on any atom is 0.321 e. The van der Waals surface area contributed by atoms with Crippen molar-refractivity contribution in [3.05, 3.63) is 0 Å². The van der Waals surface area contributed by atoms with Crippen LogP contribution < -0.4 is 0 Å². The third-order valence-electron chi connectivity index (χ3n) is 4.67. The van der Waals surface area contributed by atoms with Crippen LogP contribution in [0.3, 0.4) is 0 Å². The van der Waals surface area contributed by atoms with Gasteiger partial charge in [0.15, 0.2) is 5.41 Å². The van der Waals surface area contributed by atoms with Gasteiger partial charge in [-0.3, -0.25) is 9.59 Å². The molecular weight excluding hydrogens is 256 g/mol. The minimum atomic E-state index is -1.56. The average molecular weight is 284 g/mol. The van der Waals surface area contributed by atoms with E-state index in [9.17, 15) is 19.8 Å². The lowest BCUT2D eigenvalue weighted by Crippen LogP contribution is -2.45. The SMILES string of the molecule is CC(C)CC1(CC(C)C)CCC(C(=O)O)(C(=O)O)CC1. The van der Waals surface area contributed by atoms with Gasteiger partial charge in [0, 0.05) is 0 Å². The third kappa shape index (κ3) is 3.53. The van der Waals surface area contributed by atoms with Crippen molar-refractivity contribution in [1.82, 2.24) is 0 Å². The smallest absolute Gasteiger partial charge is 0.321 e. The lowest BCUT2D eigenvalue weighted by Gasteiger charge is -2.44. The number of aliphatic carboxylic acids is 2.